The SMILES string of the molecule is CCCN1CCC(NC(=O)C(CCC(=O)O)NC(=O)OCC2c3ccccc3-c3ccccc32)C1. The third-order valence-electron chi connectivity index (χ3n) is 6.76. The number of ether oxygens (including phenoxy) is 1. The number of carbonyl (C=O) groups is 3. The van der Waals surface area contributed by atoms with Crippen molar-refractivity contribution in [2.24, 2.45) is 0 Å². The fraction of sp³-hybridized carbons (Fsp3) is 0.444. The van der Waals surface area contributed by atoms with Crippen molar-refractivity contribution in [1.29, 1.82) is 0 Å². The summed E-state index contributed by atoms with van der Waals surface area (Å²) in [5, 5.41) is 14.7. The topological polar surface area (TPSA) is 108 Å². The highest BCUT2D eigenvalue weighted by Crippen LogP contribution is 2.44. The zero-order chi connectivity index (χ0) is 24.8. The van der Waals surface area contributed by atoms with Gasteiger partial charge in [0.25, 0.3) is 0 Å². The fourth-order valence-electron chi connectivity index (χ4n) is 5.09. The molecule has 2 amide bonds. The lowest BCUT2D eigenvalue weighted by Gasteiger charge is -2.22. The minimum atomic E-state index is -1.02. The molecule has 0 spiro atoms. The molecule has 1 aliphatic heterocycles. The van der Waals surface area contributed by atoms with E-state index in [2.05, 4.69) is 34.6 Å². The predicted molar refractivity (Wildman–Crippen MR) is 132 cm³/mol. The van der Waals surface area contributed by atoms with Crippen LogP contribution in [0.15, 0.2) is 48.5 Å². The van der Waals surface area contributed by atoms with Gasteiger partial charge < -0.3 is 25.4 Å². The molecule has 0 radical (unpaired) electrons. The van der Waals surface area contributed by atoms with Gasteiger partial charge in [-0.2, -0.15) is 0 Å². The Morgan fingerprint density at radius 1 is 1.09 bits per heavy atom. The molecule has 0 aromatic heterocycles. The van der Waals surface area contributed by atoms with Crippen LogP contribution in [-0.2, 0) is 14.3 Å². The van der Waals surface area contributed by atoms with Crippen LogP contribution in [0.1, 0.15) is 49.7 Å². The van der Waals surface area contributed by atoms with Crippen LogP contribution in [0.3, 0.4) is 0 Å². The maximum atomic E-state index is 12.9. The van der Waals surface area contributed by atoms with Gasteiger partial charge in [0.1, 0.15) is 12.6 Å². The van der Waals surface area contributed by atoms with Gasteiger partial charge in [0, 0.05) is 31.5 Å². The zero-order valence-corrected chi connectivity index (χ0v) is 20.0. The van der Waals surface area contributed by atoms with Crippen LogP contribution in [0.4, 0.5) is 4.79 Å². The van der Waals surface area contributed by atoms with Crippen molar-refractivity contribution >= 4 is 18.0 Å². The number of carboxylic acid groups (broad SMARTS) is 1. The second-order valence-corrected chi connectivity index (χ2v) is 9.25. The number of likely N-dealkylation sites (tertiary alicyclic amines) is 1. The Balaban J connectivity index is 1.37. The van der Waals surface area contributed by atoms with E-state index in [1.807, 2.05) is 36.4 Å². The van der Waals surface area contributed by atoms with E-state index < -0.39 is 18.1 Å². The Morgan fingerprint density at radius 3 is 2.37 bits per heavy atom. The van der Waals surface area contributed by atoms with Gasteiger partial charge in [-0.25, -0.2) is 4.79 Å². The first-order valence-electron chi connectivity index (χ1n) is 12.3. The lowest BCUT2D eigenvalue weighted by atomic mass is 9.98. The summed E-state index contributed by atoms with van der Waals surface area (Å²) in [7, 11) is 0. The predicted octanol–water partition coefficient (Wildman–Crippen LogP) is 3.36. The molecule has 1 heterocycles. The van der Waals surface area contributed by atoms with Crippen LogP contribution in [0.25, 0.3) is 11.1 Å². The van der Waals surface area contributed by atoms with E-state index in [1.54, 1.807) is 0 Å². The zero-order valence-electron chi connectivity index (χ0n) is 20.0. The average molecular weight is 480 g/mol. The number of benzene rings is 2. The number of nitrogens with zero attached hydrogens (tertiary/aromatic N) is 1. The summed E-state index contributed by atoms with van der Waals surface area (Å²) >= 11 is 0. The maximum Gasteiger partial charge on any atom is 0.407 e. The van der Waals surface area contributed by atoms with Crippen molar-refractivity contribution in [2.45, 2.75) is 50.6 Å². The van der Waals surface area contributed by atoms with Gasteiger partial charge >= 0.3 is 12.1 Å². The van der Waals surface area contributed by atoms with Crippen molar-refractivity contribution in [3.05, 3.63) is 59.7 Å². The molecule has 35 heavy (non-hydrogen) atoms. The Morgan fingerprint density at radius 2 is 1.74 bits per heavy atom. The summed E-state index contributed by atoms with van der Waals surface area (Å²) in [6.07, 6.45) is 0.926. The molecule has 0 bridgehead atoms. The Labute approximate surface area is 205 Å². The maximum absolute atomic E-state index is 12.9. The average Bonchev–Trinajstić information content (AvgIpc) is 3.42. The number of rotatable bonds is 10. The largest absolute Gasteiger partial charge is 0.481 e. The van der Waals surface area contributed by atoms with E-state index in [-0.39, 0.29) is 37.3 Å². The highest BCUT2D eigenvalue weighted by molar-refractivity contribution is 5.86. The number of amides is 2. The number of aliphatic carboxylic acids is 1. The minimum Gasteiger partial charge on any atom is -0.481 e. The van der Waals surface area contributed by atoms with Crippen LogP contribution >= 0.6 is 0 Å². The second-order valence-electron chi connectivity index (χ2n) is 9.25. The highest BCUT2D eigenvalue weighted by Gasteiger charge is 2.31. The van der Waals surface area contributed by atoms with Crippen molar-refractivity contribution in [1.82, 2.24) is 15.5 Å². The molecule has 2 atom stereocenters. The lowest BCUT2D eigenvalue weighted by Crippen LogP contribution is -2.50. The van der Waals surface area contributed by atoms with Crippen molar-refractivity contribution in [3.8, 4) is 11.1 Å². The van der Waals surface area contributed by atoms with E-state index in [4.69, 9.17) is 9.84 Å². The molecular weight excluding hydrogens is 446 g/mol. The van der Waals surface area contributed by atoms with Crippen LogP contribution in [0, 0.1) is 0 Å². The van der Waals surface area contributed by atoms with Crippen molar-refractivity contribution in [3.63, 3.8) is 0 Å². The first-order valence-corrected chi connectivity index (χ1v) is 12.3. The molecule has 2 aliphatic rings. The number of fused-ring (bicyclic) bond motifs is 3. The summed E-state index contributed by atoms with van der Waals surface area (Å²) in [5.41, 5.74) is 4.45. The van der Waals surface area contributed by atoms with E-state index >= 15 is 0 Å². The van der Waals surface area contributed by atoms with Gasteiger partial charge in [-0.05, 0) is 48.1 Å². The highest BCUT2D eigenvalue weighted by atomic mass is 16.5. The molecule has 1 fully saturated rings. The van der Waals surface area contributed by atoms with Gasteiger partial charge in [0.2, 0.25) is 5.91 Å². The number of hydrogen-bond donors (Lipinski definition) is 3. The van der Waals surface area contributed by atoms with Gasteiger partial charge in [-0.3, -0.25) is 9.59 Å². The number of carbonyl (C=O) groups excluding carboxylic acids is 2. The standard InChI is InChI=1S/C27H33N3O5/c1-2-14-30-15-13-18(16-30)28-26(33)24(11-12-25(31)32)29-27(34)35-17-23-21-9-5-3-7-19(21)20-8-4-6-10-22(20)23/h3-10,18,23-24H,2,11-17H2,1H3,(H,28,33)(H,29,34)(H,31,32). The molecule has 1 aliphatic carbocycles. The quantitative estimate of drug-likeness (QED) is 0.482. The molecule has 8 nitrogen and oxygen atoms in total. The summed E-state index contributed by atoms with van der Waals surface area (Å²) < 4.78 is 5.56. The van der Waals surface area contributed by atoms with Gasteiger partial charge in [-0.15, -0.1) is 0 Å². The molecular formula is C27H33N3O5. The number of carboxylic acids is 1. The van der Waals surface area contributed by atoms with E-state index in [0.717, 1.165) is 54.7 Å². The molecule has 8 heteroatoms. The molecule has 2 aromatic carbocycles. The van der Waals surface area contributed by atoms with Crippen molar-refractivity contribution < 1.29 is 24.2 Å². The molecule has 4 rings (SSSR count). The smallest absolute Gasteiger partial charge is 0.407 e. The molecule has 3 N–H and O–H groups in total. The van der Waals surface area contributed by atoms with Gasteiger partial charge in [0.15, 0.2) is 0 Å². The van der Waals surface area contributed by atoms with Gasteiger partial charge in [-0.1, -0.05) is 55.5 Å². The second kappa shape index (κ2) is 11.4. The van der Waals surface area contributed by atoms with E-state index in [9.17, 15) is 14.4 Å². The Hall–Kier alpha value is -3.39. The number of nitrogens with one attached hydrogen (secondary N) is 2. The third-order valence-corrected chi connectivity index (χ3v) is 6.76. The number of alkyl carbamates (subject to hydrolysis) is 1. The van der Waals surface area contributed by atoms with E-state index in [0.29, 0.717) is 0 Å². The minimum absolute atomic E-state index is 0.00322. The summed E-state index contributed by atoms with van der Waals surface area (Å²) in [6, 6.07) is 15.1. The normalized spacial score (nSPS) is 17.9. The third kappa shape index (κ3) is 6.00. The van der Waals surface area contributed by atoms with Crippen LogP contribution in [0.2, 0.25) is 0 Å². The molecule has 0 saturated carbocycles. The molecule has 2 aromatic rings. The molecule has 1 saturated heterocycles. The summed E-state index contributed by atoms with van der Waals surface area (Å²) in [4.78, 5) is 39.0. The van der Waals surface area contributed by atoms with Crippen LogP contribution in [0.5, 0.6) is 0 Å². The lowest BCUT2D eigenvalue weighted by molar-refractivity contribution is -0.137. The monoisotopic (exact) mass is 479 g/mol. The number of hydrogen-bond acceptors (Lipinski definition) is 5. The first kappa shape index (κ1) is 24.7. The van der Waals surface area contributed by atoms with E-state index in [1.165, 1.54) is 0 Å². The summed E-state index contributed by atoms with van der Waals surface area (Å²) in [5.74, 6) is -1.49. The molecule has 186 valence electrons. The van der Waals surface area contributed by atoms with Crippen molar-refractivity contribution in [2.75, 3.05) is 26.2 Å². The van der Waals surface area contributed by atoms with Gasteiger partial charge in [0.05, 0.1) is 0 Å². The Kier molecular flexibility index (Phi) is 8.02. The Bertz CT molecular complexity index is 1030. The first-order chi connectivity index (χ1) is 17.0. The van der Waals surface area contributed by atoms with Crippen LogP contribution in [-0.4, -0.2) is 66.3 Å². The van der Waals surface area contributed by atoms with Crippen LogP contribution < -0.4 is 10.6 Å². The fourth-order valence-corrected chi connectivity index (χ4v) is 5.09. The molecule has 2 unspecified atom stereocenters. The summed E-state index contributed by atoms with van der Waals surface area (Å²) in [6.45, 7) is 4.90.